The molecule has 25 heavy (non-hydrogen) atoms. The van der Waals surface area contributed by atoms with E-state index in [-0.39, 0.29) is 23.2 Å². The normalized spacial score (nSPS) is 11.1. The fourth-order valence-corrected chi connectivity index (χ4v) is 3.63. The zero-order valence-corrected chi connectivity index (χ0v) is 15.6. The first-order valence-electron chi connectivity index (χ1n) is 7.55. The van der Waals surface area contributed by atoms with Gasteiger partial charge in [0.25, 0.3) is 0 Å². The third-order valence-electron chi connectivity index (χ3n) is 3.29. The molecule has 2 rings (SSSR count). The Labute approximate surface area is 150 Å². The maximum atomic E-state index is 12.2. The van der Waals surface area contributed by atoms with Gasteiger partial charge in [-0.25, -0.2) is 8.42 Å². The summed E-state index contributed by atoms with van der Waals surface area (Å²) in [5.74, 6) is 0.0665. The lowest BCUT2D eigenvalue weighted by molar-refractivity contribution is -0.118. The molecule has 0 saturated heterocycles. The van der Waals surface area contributed by atoms with Crippen molar-refractivity contribution >= 4 is 32.9 Å². The number of ketones is 1. The lowest BCUT2D eigenvalue weighted by Crippen LogP contribution is -2.22. The molecule has 1 amide bonds. The number of sulfone groups is 1. The van der Waals surface area contributed by atoms with Crippen LogP contribution >= 0.6 is 11.3 Å². The minimum Gasteiger partial charge on any atom is -0.485 e. The molecule has 1 aromatic heterocycles. The summed E-state index contributed by atoms with van der Waals surface area (Å²) in [5, 5.41) is 2.71. The van der Waals surface area contributed by atoms with E-state index in [4.69, 9.17) is 4.74 Å². The second-order valence-electron chi connectivity index (χ2n) is 5.46. The molecule has 0 bridgehead atoms. The van der Waals surface area contributed by atoms with Crippen LogP contribution < -0.4 is 10.1 Å². The van der Waals surface area contributed by atoms with Gasteiger partial charge < -0.3 is 10.1 Å². The van der Waals surface area contributed by atoms with E-state index in [1.54, 1.807) is 18.2 Å². The van der Waals surface area contributed by atoms with Crippen molar-refractivity contribution in [2.24, 2.45) is 0 Å². The SMILES string of the molecule is CC(=O)NCCc1ccc(C(=O)COc2cccc(S(C)(=O)=O)c2)s1. The Kier molecular flexibility index (Phi) is 6.33. The van der Waals surface area contributed by atoms with Crippen LogP contribution in [0.15, 0.2) is 41.3 Å². The smallest absolute Gasteiger partial charge is 0.216 e. The Balaban J connectivity index is 1.92. The van der Waals surface area contributed by atoms with E-state index in [2.05, 4.69) is 5.32 Å². The van der Waals surface area contributed by atoms with Crippen LogP contribution in [0.25, 0.3) is 0 Å². The molecule has 0 unspecified atom stereocenters. The summed E-state index contributed by atoms with van der Waals surface area (Å²) in [6, 6.07) is 9.63. The van der Waals surface area contributed by atoms with Crippen LogP contribution in [0.4, 0.5) is 0 Å². The summed E-state index contributed by atoms with van der Waals surface area (Å²) in [5.41, 5.74) is 0. The first kappa shape index (κ1) is 19.1. The van der Waals surface area contributed by atoms with Crippen molar-refractivity contribution in [2.75, 3.05) is 19.4 Å². The molecule has 0 spiro atoms. The fraction of sp³-hybridized carbons (Fsp3) is 0.294. The number of Topliss-reactive ketones (excluding diaryl/α,β-unsaturated/α-hetero) is 1. The van der Waals surface area contributed by atoms with Crippen LogP contribution in [-0.4, -0.2) is 39.5 Å². The van der Waals surface area contributed by atoms with E-state index in [1.807, 2.05) is 6.07 Å². The Morgan fingerprint density at radius 1 is 1.20 bits per heavy atom. The number of carbonyl (C=O) groups is 2. The van der Waals surface area contributed by atoms with Crippen LogP contribution in [0.1, 0.15) is 21.5 Å². The molecule has 0 aliphatic rings. The maximum Gasteiger partial charge on any atom is 0.216 e. The quantitative estimate of drug-likeness (QED) is 0.707. The number of thiophene rings is 1. The molecule has 1 aromatic carbocycles. The predicted molar refractivity (Wildman–Crippen MR) is 96.1 cm³/mol. The number of hydrogen-bond donors (Lipinski definition) is 1. The number of ether oxygens (including phenoxy) is 1. The first-order valence-corrected chi connectivity index (χ1v) is 10.3. The number of amides is 1. The van der Waals surface area contributed by atoms with Crippen LogP contribution in [0.5, 0.6) is 5.75 Å². The number of carbonyl (C=O) groups excluding carboxylic acids is 2. The van der Waals surface area contributed by atoms with Gasteiger partial charge in [0.15, 0.2) is 16.4 Å². The van der Waals surface area contributed by atoms with Crippen LogP contribution in [-0.2, 0) is 21.1 Å². The summed E-state index contributed by atoms with van der Waals surface area (Å²) in [6.45, 7) is 1.82. The molecular weight excluding hydrogens is 362 g/mol. The van der Waals surface area contributed by atoms with Crippen molar-refractivity contribution in [2.45, 2.75) is 18.2 Å². The first-order chi connectivity index (χ1) is 11.8. The predicted octanol–water partition coefficient (Wildman–Crippen LogP) is 2.09. The largest absolute Gasteiger partial charge is 0.485 e. The van der Waals surface area contributed by atoms with E-state index in [1.165, 1.54) is 30.4 Å². The Bertz CT molecular complexity index is 871. The van der Waals surface area contributed by atoms with Gasteiger partial charge in [0.1, 0.15) is 5.75 Å². The van der Waals surface area contributed by atoms with E-state index in [0.29, 0.717) is 23.6 Å². The van der Waals surface area contributed by atoms with Crippen molar-refractivity contribution in [1.82, 2.24) is 5.32 Å². The van der Waals surface area contributed by atoms with E-state index in [0.717, 1.165) is 11.1 Å². The molecule has 0 saturated carbocycles. The van der Waals surface area contributed by atoms with Gasteiger partial charge in [-0.1, -0.05) is 6.07 Å². The monoisotopic (exact) mass is 381 g/mol. The third kappa shape index (κ3) is 5.99. The molecule has 0 aliphatic carbocycles. The van der Waals surface area contributed by atoms with Crippen molar-refractivity contribution in [3.63, 3.8) is 0 Å². The third-order valence-corrected chi connectivity index (χ3v) is 5.58. The number of rotatable bonds is 8. The average molecular weight is 381 g/mol. The van der Waals surface area contributed by atoms with E-state index in [9.17, 15) is 18.0 Å². The molecule has 0 fully saturated rings. The molecule has 6 nitrogen and oxygen atoms in total. The molecule has 8 heteroatoms. The van der Waals surface area contributed by atoms with Crippen LogP contribution in [0.3, 0.4) is 0 Å². The van der Waals surface area contributed by atoms with Gasteiger partial charge in [0.05, 0.1) is 9.77 Å². The Hall–Kier alpha value is -2.19. The maximum absolute atomic E-state index is 12.2. The second kappa shape index (κ2) is 8.26. The van der Waals surface area contributed by atoms with Crippen molar-refractivity contribution < 1.29 is 22.7 Å². The molecule has 0 aliphatic heterocycles. The second-order valence-corrected chi connectivity index (χ2v) is 8.64. The molecule has 134 valence electrons. The molecule has 1 N–H and O–H groups in total. The van der Waals surface area contributed by atoms with E-state index >= 15 is 0 Å². The zero-order chi connectivity index (χ0) is 18.4. The van der Waals surface area contributed by atoms with Gasteiger partial charge in [-0.3, -0.25) is 9.59 Å². The highest BCUT2D eigenvalue weighted by Gasteiger charge is 2.12. The van der Waals surface area contributed by atoms with Gasteiger partial charge in [-0.15, -0.1) is 11.3 Å². The molecule has 2 aromatic rings. The lowest BCUT2D eigenvalue weighted by atomic mass is 10.3. The average Bonchev–Trinajstić information content (AvgIpc) is 3.01. The summed E-state index contributed by atoms with van der Waals surface area (Å²) >= 11 is 1.36. The minimum atomic E-state index is -3.32. The highest BCUT2D eigenvalue weighted by molar-refractivity contribution is 7.90. The molecule has 0 atom stereocenters. The number of hydrogen-bond acceptors (Lipinski definition) is 6. The summed E-state index contributed by atoms with van der Waals surface area (Å²) < 4.78 is 28.5. The highest BCUT2D eigenvalue weighted by atomic mass is 32.2. The van der Waals surface area contributed by atoms with Crippen molar-refractivity contribution in [1.29, 1.82) is 0 Å². The van der Waals surface area contributed by atoms with Gasteiger partial charge in [-0.2, -0.15) is 0 Å². The Morgan fingerprint density at radius 2 is 1.96 bits per heavy atom. The molecule has 1 heterocycles. The van der Waals surface area contributed by atoms with Gasteiger partial charge in [0.2, 0.25) is 11.7 Å². The lowest BCUT2D eigenvalue weighted by Gasteiger charge is -2.06. The van der Waals surface area contributed by atoms with Crippen molar-refractivity contribution in [3.8, 4) is 5.75 Å². The molecule has 0 radical (unpaired) electrons. The van der Waals surface area contributed by atoms with Crippen molar-refractivity contribution in [3.05, 3.63) is 46.2 Å². The fourth-order valence-electron chi connectivity index (χ4n) is 2.04. The number of nitrogens with one attached hydrogen (secondary N) is 1. The summed E-state index contributed by atoms with van der Waals surface area (Å²) in [7, 11) is -3.32. The highest BCUT2D eigenvalue weighted by Crippen LogP contribution is 2.20. The Morgan fingerprint density at radius 3 is 2.64 bits per heavy atom. The van der Waals surface area contributed by atoms with Crippen LogP contribution in [0, 0.1) is 0 Å². The topological polar surface area (TPSA) is 89.5 Å². The summed E-state index contributed by atoms with van der Waals surface area (Å²) in [4.78, 5) is 24.7. The molecular formula is C17H19NO5S2. The van der Waals surface area contributed by atoms with Gasteiger partial charge in [-0.05, 0) is 36.8 Å². The minimum absolute atomic E-state index is 0.0856. The standard InChI is InChI=1S/C17H19NO5S2/c1-12(19)18-9-8-14-6-7-17(24-14)16(20)11-23-13-4-3-5-15(10-13)25(2,21)22/h3-7,10H,8-9,11H2,1-2H3,(H,18,19). The zero-order valence-electron chi connectivity index (χ0n) is 13.9. The van der Waals surface area contributed by atoms with Gasteiger partial charge >= 0.3 is 0 Å². The van der Waals surface area contributed by atoms with E-state index < -0.39 is 9.84 Å². The summed E-state index contributed by atoms with van der Waals surface area (Å²) in [6.07, 6.45) is 1.78. The van der Waals surface area contributed by atoms with Gasteiger partial charge in [0, 0.05) is 24.6 Å². The van der Waals surface area contributed by atoms with Crippen LogP contribution in [0.2, 0.25) is 0 Å². The number of benzene rings is 1.